The predicted molar refractivity (Wildman–Crippen MR) is 91.2 cm³/mol. The van der Waals surface area contributed by atoms with E-state index in [0.717, 1.165) is 28.6 Å². The van der Waals surface area contributed by atoms with Gasteiger partial charge in [0.25, 0.3) is 5.56 Å². The molecule has 23 heavy (non-hydrogen) atoms. The Kier molecular flexibility index (Phi) is 3.23. The standard InChI is InChI=1S/C19H16N2O2/c22-19-15-10-5-4-9-14(15)17(13-7-2-1-3-8-13)18-16(20-23)11-6-12-21(18)19/h1-5,7-10,23H,6,11-12H2/b20-16+. The molecule has 0 atom stereocenters. The maximum absolute atomic E-state index is 12.8. The normalized spacial score (nSPS) is 15.7. The van der Waals surface area contributed by atoms with Gasteiger partial charge >= 0.3 is 0 Å². The predicted octanol–water partition coefficient (Wildman–Crippen LogP) is 3.64. The summed E-state index contributed by atoms with van der Waals surface area (Å²) in [5, 5.41) is 14.5. The van der Waals surface area contributed by atoms with Crippen LogP contribution in [0, 0.1) is 0 Å². The summed E-state index contributed by atoms with van der Waals surface area (Å²) in [6, 6.07) is 17.6. The van der Waals surface area contributed by atoms with E-state index in [1.54, 1.807) is 4.57 Å². The van der Waals surface area contributed by atoms with Crippen molar-refractivity contribution >= 4 is 16.5 Å². The van der Waals surface area contributed by atoms with Gasteiger partial charge in [0.05, 0.1) is 5.69 Å². The molecule has 1 aliphatic rings. The van der Waals surface area contributed by atoms with Crippen LogP contribution in [-0.4, -0.2) is 15.5 Å². The van der Waals surface area contributed by atoms with Crippen molar-refractivity contribution in [2.75, 3.05) is 0 Å². The maximum atomic E-state index is 12.8. The molecule has 114 valence electrons. The molecule has 4 nitrogen and oxygen atoms in total. The third-order valence-corrected chi connectivity index (χ3v) is 4.43. The van der Waals surface area contributed by atoms with Crippen molar-refractivity contribution < 1.29 is 5.21 Å². The SMILES string of the molecule is O=c1c2ccccc2c(-c2ccccc2)c2n1CCC/C2=N\O. The van der Waals surface area contributed by atoms with E-state index >= 15 is 0 Å². The molecule has 1 aliphatic heterocycles. The van der Waals surface area contributed by atoms with Crippen LogP contribution in [0.1, 0.15) is 18.5 Å². The van der Waals surface area contributed by atoms with Gasteiger partial charge in [-0.3, -0.25) is 4.79 Å². The highest BCUT2D eigenvalue weighted by Gasteiger charge is 2.24. The van der Waals surface area contributed by atoms with Crippen LogP contribution in [0.25, 0.3) is 21.9 Å². The van der Waals surface area contributed by atoms with Crippen LogP contribution in [0.4, 0.5) is 0 Å². The molecule has 0 radical (unpaired) electrons. The highest BCUT2D eigenvalue weighted by molar-refractivity contribution is 6.11. The molecule has 2 heterocycles. The van der Waals surface area contributed by atoms with Crippen molar-refractivity contribution in [2.45, 2.75) is 19.4 Å². The average Bonchev–Trinajstić information content (AvgIpc) is 2.62. The van der Waals surface area contributed by atoms with Gasteiger partial charge in [0, 0.05) is 17.5 Å². The number of nitrogens with zero attached hydrogens (tertiary/aromatic N) is 2. The maximum Gasteiger partial charge on any atom is 0.258 e. The van der Waals surface area contributed by atoms with E-state index in [9.17, 15) is 10.0 Å². The highest BCUT2D eigenvalue weighted by atomic mass is 16.4. The fourth-order valence-corrected chi connectivity index (χ4v) is 3.43. The molecule has 0 spiro atoms. The largest absolute Gasteiger partial charge is 0.411 e. The number of benzene rings is 2. The molecule has 1 aromatic heterocycles. The van der Waals surface area contributed by atoms with Crippen molar-refractivity contribution in [3.8, 4) is 11.1 Å². The molecule has 2 aromatic carbocycles. The molecule has 0 fully saturated rings. The van der Waals surface area contributed by atoms with Crippen molar-refractivity contribution in [3.05, 3.63) is 70.6 Å². The first-order valence-corrected chi connectivity index (χ1v) is 7.73. The first-order valence-electron chi connectivity index (χ1n) is 7.73. The lowest BCUT2D eigenvalue weighted by atomic mass is 9.92. The first kappa shape index (κ1) is 13.8. The third-order valence-electron chi connectivity index (χ3n) is 4.43. The summed E-state index contributed by atoms with van der Waals surface area (Å²) in [6.45, 7) is 0.651. The van der Waals surface area contributed by atoms with Gasteiger partial charge in [-0.25, -0.2) is 0 Å². The summed E-state index contributed by atoms with van der Waals surface area (Å²) < 4.78 is 1.75. The second kappa shape index (κ2) is 5.39. The zero-order valence-electron chi connectivity index (χ0n) is 12.6. The number of pyridine rings is 1. The molecule has 0 bridgehead atoms. The number of fused-ring (bicyclic) bond motifs is 2. The van der Waals surface area contributed by atoms with Crippen molar-refractivity contribution in [1.82, 2.24) is 4.57 Å². The van der Waals surface area contributed by atoms with Crippen LogP contribution < -0.4 is 5.56 Å². The van der Waals surface area contributed by atoms with E-state index in [1.165, 1.54) is 0 Å². The second-order valence-electron chi connectivity index (χ2n) is 5.74. The van der Waals surface area contributed by atoms with Crippen LogP contribution in [0.5, 0.6) is 0 Å². The van der Waals surface area contributed by atoms with Crippen LogP contribution >= 0.6 is 0 Å². The summed E-state index contributed by atoms with van der Waals surface area (Å²) in [5.74, 6) is 0. The minimum atomic E-state index is -0.0175. The number of hydrogen-bond acceptors (Lipinski definition) is 3. The zero-order chi connectivity index (χ0) is 15.8. The van der Waals surface area contributed by atoms with Gasteiger partial charge in [0.15, 0.2) is 0 Å². The molecule has 0 saturated carbocycles. The van der Waals surface area contributed by atoms with Crippen LogP contribution in [0.3, 0.4) is 0 Å². The molecule has 4 rings (SSSR count). The van der Waals surface area contributed by atoms with Gasteiger partial charge < -0.3 is 9.77 Å². The van der Waals surface area contributed by atoms with Gasteiger partial charge in [-0.1, -0.05) is 53.7 Å². The number of rotatable bonds is 1. The van der Waals surface area contributed by atoms with Gasteiger partial charge in [0.2, 0.25) is 0 Å². The second-order valence-corrected chi connectivity index (χ2v) is 5.74. The fourth-order valence-electron chi connectivity index (χ4n) is 3.43. The Labute approximate surface area is 133 Å². The van der Waals surface area contributed by atoms with Crippen molar-refractivity contribution in [1.29, 1.82) is 0 Å². The fraction of sp³-hybridized carbons (Fsp3) is 0.158. The van der Waals surface area contributed by atoms with E-state index in [0.29, 0.717) is 24.1 Å². The molecule has 0 unspecified atom stereocenters. The van der Waals surface area contributed by atoms with Crippen LogP contribution in [0.2, 0.25) is 0 Å². The lowest BCUT2D eigenvalue weighted by molar-refractivity contribution is 0.316. The molecular weight excluding hydrogens is 288 g/mol. The van der Waals surface area contributed by atoms with E-state index in [-0.39, 0.29) is 5.56 Å². The lowest BCUT2D eigenvalue weighted by Gasteiger charge is -2.24. The van der Waals surface area contributed by atoms with Gasteiger partial charge in [-0.05, 0) is 29.9 Å². The smallest absolute Gasteiger partial charge is 0.258 e. The van der Waals surface area contributed by atoms with Crippen molar-refractivity contribution in [2.24, 2.45) is 5.16 Å². The van der Waals surface area contributed by atoms with Gasteiger partial charge in [-0.2, -0.15) is 0 Å². The van der Waals surface area contributed by atoms with E-state index in [4.69, 9.17) is 0 Å². The van der Waals surface area contributed by atoms with Gasteiger partial charge in [0.1, 0.15) is 5.71 Å². The summed E-state index contributed by atoms with van der Waals surface area (Å²) >= 11 is 0. The highest BCUT2D eigenvalue weighted by Crippen LogP contribution is 2.33. The summed E-state index contributed by atoms with van der Waals surface area (Å²) in [6.07, 6.45) is 1.48. The van der Waals surface area contributed by atoms with E-state index < -0.39 is 0 Å². The molecule has 3 aromatic rings. The number of oxime groups is 1. The Morgan fingerprint density at radius 2 is 1.65 bits per heavy atom. The molecule has 4 heteroatoms. The summed E-state index contributed by atoms with van der Waals surface area (Å²) in [5.41, 5.74) is 3.30. The molecular formula is C19H16N2O2. The van der Waals surface area contributed by atoms with Gasteiger partial charge in [-0.15, -0.1) is 0 Å². The number of hydrogen-bond donors (Lipinski definition) is 1. The topological polar surface area (TPSA) is 54.6 Å². The van der Waals surface area contributed by atoms with E-state index in [2.05, 4.69) is 5.16 Å². The lowest BCUT2D eigenvalue weighted by Crippen LogP contribution is -2.31. The average molecular weight is 304 g/mol. The zero-order valence-corrected chi connectivity index (χ0v) is 12.6. The Morgan fingerprint density at radius 1 is 0.957 bits per heavy atom. The monoisotopic (exact) mass is 304 g/mol. The van der Waals surface area contributed by atoms with Crippen LogP contribution in [-0.2, 0) is 6.54 Å². The third kappa shape index (κ3) is 2.06. The molecule has 0 aliphatic carbocycles. The number of aromatic nitrogens is 1. The minimum Gasteiger partial charge on any atom is -0.411 e. The Morgan fingerprint density at radius 3 is 2.39 bits per heavy atom. The summed E-state index contributed by atoms with van der Waals surface area (Å²) in [7, 11) is 0. The Balaban J connectivity index is 2.23. The van der Waals surface area contributed by atoms with Crippen LogP contribution in [0.15, 0.2) is 64.5 Å². The molecule has 0 amide bonds. The Hall–Kier alpha value is -2.88. The molecule has 0 saturated heterocycles. The molecule has 1 N–H and O–H groups in total. The first-order chi connectivity index (χ1) is 11.3. The quantitative estimate of drug-likeness (QED) is 0.551. The Bertz CT molecular complexity index is 972. The summed E-state index contributed by atoms with van der Waals surface area (Å²) in [4.78, 5) is 12.8. The van der Waals surface area contributed by atoms with Crippen molar-refractivity contribution in [3.63, 3.8) is 0 Å². The minimum absolute atomic E-state index is 0.0175. The van der Waals surface area contributed by atoms with E-state index in [1.807, 2.05) is 54.6 Å².